The molecule has 2 aromatic heterocycles. The third kappa shape index (κ3) is 4.41. The van der Waals surface area contributed by atoms with E-state index in [9.17, 15) is 9.18 Å². The van der Waals surface area contributed by atoms with Gasteiger partial charge in [-0.25, -0.2) is 14.4 Å². The number of hydrogen-bond acceptors (Lipinski definition) is 8. The van der Waals surface area contributed by atoms with Crippen LogP contribution < -0.4 is 9.64 Å². The Labute approximate surface area is 244 Å². The number of aromatic nitrogens is 4. The van der Waals surface area contributed by atoms with E-state index in [1.54, 1.807) is 12.4 Å². The fourth-order valence-corrected chi connectivity index (χ4v) is 7.82. The van der Waals surface area contributed by atoms with Crippen LogP contribution in [0.15, 0.2) is 41.2 Å². The zero-order valence-electron chi connectivity index (χ0n) is 24.0. The average Bonchev–Trinajstić information content (AvgIpc) is 3.71. The molecule has 3 aromatic rings. The van der Waals surface area contributed by atoms with Crippen molar-refractivity contribution in [1.82, 2.24) is 20.1 Å². The minimum atomic E-state index is -1.03. The molecule has 0 spiro atoms. The number of rotatable bonds is 10. The van der Waals surface area contributed by atoms with E-state index < -0.39 is 11.3 Å². The largest absolute Gasteiger partial charge is 0.464 e. The van der Waals surface area contributed by atoms with Gasteiger partial charge in [0.1, 0.15) is 11.3 Å². The Balaban J connectivity index is 1.04. The molecule has 5 aliphatic carbocycles. The molecule has 0 N–H and O–H groups in total. The number of amides is 1. The highest BCUT2D eigenvalue weighted by atomic mass is 19.1. The average molecular weight is 574 g/mol. The fraction of sp³-hybridized carbons (Fsp3) is 0.594. The summed E-state index contributed by atoms with van der Waals surface area (Å²) in [5.74, 6) is 1.91. The van der Waals surface area contributed by atoms with Crippen molar-refractivity contribution in [2.24, 2.45) is 10.8 Å². The fourth-order valence-electron chi connectivity index (χ4n) is 7.82. The third-order valence-corrected chi connectivity index (χ3v) is 10.3. The first-order valence-electron chi connectivity index (χ1n) is 15.3. The first-order valence-corrected chi connectivity index (χ1v) is 15.3. The lowest BCUT2D eigenvalue weighted by molar-refractivity contribution is -0.215. The Kier molecular flexibility index (Phi) is 5.81. The van der Waals surface area contributed by atoms with Crippen molar-refractivity contribution in [3.05, 3.63) is 48.4 Å². The second-order valence-electron chi connectivity index (χ2n) is 13.6. The number of halogens is 1. The number of alkyl halides is 1. The molecule has 42 heavy (non-hydrogen) atoms. The Morgan fingerprint density at radius 1 is 1.07 bits per heavy atom. The van der Waals surface area contributed by atoms with Crippen LogP contribution in [-0.4, -0.2) is 51.4 Å². The highest BCUT2D eigenvalue weighted by molar-refractivity contribution is 5.95. The van der Waals surface area contributed by atoms with Crippen LogP contribution in [-0.2, 0) is 15.1 Å². The lowest BCUT2D eigenvalue weighted by Crippen LogP contribution is -2.65. The monoisotopic (exact) mass is 573 g/mol. The lowest BCUT2D eigenvalue weighted by atomic mass is 9.41. The standard InChI is InChI=1S/C32H36FN5O4/c1-2-40-28-34-14-23(15-35-28)22-4-3-5-24(12-22)38(25(39)13-30-16-31(33,17-30)18-30)19-29-8-10-32(11-9-29,41-20-29)27-36-26(37-42-27)21-6-7-21/h3-5,12,14-15,21H,2,6-11,13,16-20H2,1H3. The summed E-state index contributed by atoms with van der Waals surface area (Å²) in [7, 11) is 0. The molecule has 7 fully saturated rings. The van der Waals surface area contributed by atoms with Crippen LogP contribution in [0.4, 0.5) is 10.1 Å². The van der Waals surface area contributed by atoms with Crippen molar-refractivity contribution in [2.75, 3.05) is 24.7 Å². The van der Waals surface area contributed by atoms with Crippen molar-refractivity contribution in [3.8, 4) is 17.1 Å². The predicted molar refractivity (Wildman–Crippen MR) is 151 cm³/mol. The Morgan fingerprint density at radius 2 is 1.83 bits per heavy atom. The van der Waals surface area contributed by atoms with Crippen LogP contribution >= 0.6 is 0 Å². The SMILES string of the molecule is CCOc1ncc(-c2cccc(N(CC34CCC(c5nc(C6CC6)no5)(CC3)OC4)C(=O)CC34CC(F)(C3)C4)c2)cn1. The molecular formula is C32H36FN5O4. The quantitative estimate of drug-likeness (QED) is 0.295. The molecule has 4 heterocycles. The van der Waals surface area contributed by atoms with Gasteiger partial charge in [0.05, 0.1) is 13.2 Å². The third-order valence-electron chi connectivity index (χ3n) is 10.3. The van der Waals surface area contributed by atoms with Gasteiger partial charge in [-0.3, -0.25) is 4.79 Å². The predicted octanol–water partition coefficient (Wildman–Crippen LogP) is 5.90. The molecule has 2 aliphatic heterocycles. The summed E-state index contributed by atoms with van der Waals surface area (Å²) >= 11 is 0. The second-order valence-corrected chi connectivity index (χ2v) is 13.6. The van der Waals surface area contributed by atoms with Crippen molar-refractivity contribution >= 4 is 11.6 Å². The van der Waals surface area contributed by atoms with Gasteiger partial charge in [-0.1, -0.05) is 17.3 Å². The topological polar surface area (TPSA) is 103 Å². The van der Waals surface area contributed by atoms with Gasteiger partial charge in [0.25, 0.3) is 5.89 Å². The van der Waals surface area contributed by atoms with Crippen LogP contribution in [0.3, 0.4) is 0 Å². The maximum absolute atomic E-state index is 14.3. The molecular weight excluding hydrogens is 537 g/mol. The van der Waals surface area contributed by atoms with Gasteiger partial charge in [0.15, 0.2) is 5.82 Å². The molecule has 5 saturated carbocycles. The molecule has 0 atom stereocenters. The number of carbonyl (C=O) groups excluding carboxylic acids is 1. The molecule has 4 bridgehead atoms. The number of hydrogen-bond donors (Lipinski definition) is 0. The second kappa shape index (κ2) is 9.30. The molecule has 7 aliphatic rings. The van der Waals surface area contributed by atoms with Crippen molar-refractivity contribution < 1.29 is 23.2 Å². The molecule has 1 aromatic carbocycles. The van der Waals surface area contributed by atoms with E-state index in [1.807, 2.05) is 36.1 Å². The van der Waals surface area contributed by atoms with Crippen molar-refractivity contribution in [3.63, 3.8) is 0 Å². The van der Waals surface area contributed by atoms with Crippen molar-refractivity contribution in [2.45, 2.75) is 88.3 Å². The summed E-state index contributed by atoms with van der Waals surface area (Å²) < 4.78 is 32.0. The van der Waals surface area contributed by atoms with Gasteiger partial charge in [0, 0.05) is 47.9 Å². The van der Waals surface area contributed by atoms with E-state index >= 15 is 0 Å². The Hall–Kier alpha value is -3.40. The zero-order valence-corrected chi connectivity index (χ0v) is 24.0. The summed E-state index contributed by atoms with van der Waals surface area (Å²) in [6.45, 7) is 3.48. The van der Waals surface area contributed by atoms with Gasteiger partial charge in [-0.2, -0.15) is 4.98 Å². The van der Waals surface area contributed by atoms with Crippen LogP contribution in [0.5, 0.6) is 6.01 Å². The highest BCUT2D eigenvalue weighted by Crippen LogP contribution is 2.71. The number of nitrogens with zero attached hydrogens (tertiary/aromatic N) is 5. The first kappa shape index (κ1) is 26.2. The summed E-state index contributed by atoms with van der Waals surface area (Å²) in [5, 5.41) is 4.23. The summed E-state index contributed by atoms with van der Waals surface area (Å²) in [6, 6.07) is 8.32. The summed E-state index contributed by atoms with van der Waals surface area (Å²) in [5.41, 5.74) is 0.694. The van der Waals surface area contributed by atoms with E-state index in [1.165, 1.54) is 0 Å². The summed E-state index contributed by atoms with van der Waals surface area (Å²) in [4.78, 5) is 29.3. The number of carbonyl (C=O) groups is 1. The molecule has 9 nitrogen and oxygen atoms in total. The van der Waals surface area contributed by atoms with Crippen LogP contribution in [0.1, 0.15) is 88.8 Å². The molecule has 1 amide bonds. The molecule has 0 unspecified atom stereocenters. The minimum Gasteiger partial charge on any atom is -0.464 e. The lowest BCUT2D eigenvalue weighted by Gasteiger charge is -2.66. The van der Waals surface area contributed by atoms with E-state index in [2.05, 4.69) is 15.1 Å². The number of benzene rings is 1. The van der Waals surface area contributed by atoms with E-state index in [0.717, 1.165) is 61.2 Å². The smallest absolute Gasteiger partial charge is 0.316 e. The number of ether oxygens (including phenoxy) is 2. The van der Waals surface area contributed by atoms with E-state index in [-0.39, 0.29) is 16.7 Å². The van der Waals surface area contributed by atoms with E-state index in [4.69, 9.17) is 19.0 Å². The van der Waals surface area contributed by atoms with Crippen LogP contribution in [0.2, 0.25) is 0 Å². The Bertz CT molecular complexity index is 1470. The van der Waals surface area contributed by atoms with Gasteiger partial charge < -0.3 is 18.9 Å². The maximum atomic E-state index is 14.3. The first-order chi connectivity index (χ1) is 20.3. The maximum Gasteiger partial charge on any atom is 0.316 e. The van der Waals surface area contributed by atoms with Gasteiger partial charge in [-0.05, 0) is 87.8 Å². The van der Waals surface area contributed by atoms with Crippen LogP contribution in [0, 0.1) is 10.8 Å². The van der Waals surface area contributed by atoms with Gasteiger partial charge in [0.2, 0.25) is 5.91 Å². The molecule has 0 radical (unpaired) electrons. The van der Waals surface area contributed by atoms with Crippen LogP contribution in [0.25, 0.3) is 11.1 Å². The van der Waals surface area contributed by atoms with Gasteiger partial charge >= 0.3 is 6.01 Å². The molecule has 10 heteroatoms. The molecule has 10 rings (SSSR count). The molecule has 220 valence electrons. The van der Waals surface area contributed by atoms with Crippen molar-refractivity contribution in [1.29, 1.82) is 0 Å². The minimum absolute atomic E-state index is 0.0552. The normalized spacial score (nSPS) is 32.6. The molecule has 2 saturated heterocycles. The summed E-state index contributed by atoms with van der Waals surface area (Å²) in [6.07, 6.45) is 11.0. The Morgan fingerprint density at radius 3 is 2.48 bits per heavy atom. The zero-order chi connectivity index (χ0) is 28.6. The highest BCUT2D eigenvalue weighted by Gasteiger charge is 2.69. The van der Waals surface area contributed by atoms with E-state index in [0.29, 0.717) is 63.3 Å². The number of fused-ring (bicyclic) bond motifs is 3. The van der Waals surface area contributed by atoms with Gasteiger partial charge in [-0.15, -0.1) is 0 Å². The number of anilines is 1.